The largest absolute Gasteiger partial charge is 0.349 e. The molecule has 0 radical (unpaired) electrons. The van der Waals surface area contributed by atoms with Gasteiger partial charge in [-0.2, -0.15) is 9.78 Å². The van der Waals surface area contributed by atoms with Crippen molar-refractivity contribution in [3.8, 4) is 0 Å². The lowest BCUT2D eigenvalue weighted by molar-refractivity contribution is 0.815. The number of halogens is 1. The first-order valence-electron chi connectivity index (χ1n) is 8.36. The number of rotatable bonds is 3. The molecule has 2 heterocycles. The lowest BCUT2D eigenvalue weighted by Gasteiger charge is -2.04. The molecule has 0 unspecified atom stereocenters. The van der Waals surface area contributed by atoms with Crippen molar-refractivity contribution >= 4 is 39.8 Å². The molecule has 0 fully saturated rings. The van der Waals surface area contributed by atoms with E-state index in [1.807, 2.05) is 18.2 Å². The number of hydrogen-bond donors (Lipinski definition) is 1. The molecule has 6 heteroatoms. The van der Waals surface area contributed by atoms with Gasteiger partial charge in [0.2, 0.25) is 0 Å². The zero-order valence-electron chi connectivity index (χ0n) is 14.4. The van der Waals surface area contributed by atoms with Crippen LogP contribution in [-0.2, 0) is 0 Å². The van der Waals surface area contributed by atoms with E-state index >= 15 is 0 Å². The number of fused-ring (bicyclic) bond motifs is 3. The van der Waals surface area contributed by atoms with E-state index in [0.29, 0.717) is 22.0 Å². The lowest BCUT2D eigenvalue weighted by Crippen LogP contribution is -2.17. The minimum atomic E-state index is -0.252. The summed E-state index contributed by atoms with van der Waals surface area (Å²) in [6.45, 7) is 4.30. The number of hydrogen-bond acceptors (Lipinski definition) is 3. The second-order valence-corrected chi connectivity index (χ2v) is 6.94. The summed E-state index contributed by atoms with van der Waals surface area (Å²) in [6, 6.07) is 13.5. The Balaban J connectivity index is 1.74. The van der Waals surface area contributed by atoms with Crippen LogP contribution in [0.1, 0.15) is 30.9 Å². The standard InChI is InChI=1S/C20H17ClN4O/c1-12(2)14-5-3-13(4-6-14)10-23-25-11-22-18-16-9-15(21)7-8-17(16)24-19(18)20(25)26/h3-12,24H,1-2H3. The van der Waals surface area contributed by atoms with Gasteiger partial charge in [-0.1, -0.05) is 49.7 Å². The fourth-order valence-electron chi connectivity index (χ4n) is 2.90. The third-order valence-electron chi connectivity index (χ3n) is 4.39. The molecule has 0 aliphatic heterocycles. The highest BCUT2D eigenvalue weighted by molar-refractivity contribution is 6.31. The van der Waals surface area contributed by atoms with Gasteiger partial charge in [0.05, 0.1) is 6.21 Å². The highest BCUT2D eigenvalue weighted by Gasteiger charge is 2.10. The van der Waals surface area contributed by atoms with E-state index in [1.165, 1.54) is 16.6 Å². The average molecular weight is 365 g/mol. The molecule has 0 bridgehead atoms. The SMILES string of the molecule is CC(C)c1ccc(C=Nn2cnc3c([nH]c4ccc(Cl)cc43)c2=O)cc1. The van der Waals surface area contributed by atoms with Crippen LogP contribution in [0, 0.1) is 0 Å². The van der Waals surface area contributed by atoms with E-state index in [2.05, 4.69) is 41.0 Å². The average Bonchev–Trinajstić information content (AvgIpc) is 3.00. The van der Waals surface area contributed by atoms with Crippen LogP contribution in [0.15, 0.2) is 58.7 Å². The van der Waals surface area contributed by atoms with Crippen molar-refractivity contribution in [1.29, 1.82) is 0 Å². The van der Waals surface area contributed by atoms with Gasteiger partial charge < -0.3 is 4.98 Å². The first kappa shape index (κ1) is 16.5. The lowest BCUT2D eigenvalue weighted by atomic mass is 10.0. The highest BCUT2D eigenvalue weighted by Crippen LogP contribution is 2.24. The number of H-pyrrole nitrogens is 1. The predicted molar refractivity (Wildman–Crippen MR) is 106 cm³/mol. The van der Waals surface area contributed by atoms with Crippen molar-refractivity contribution in [2.45, 2.75) is 19.8 Å². The van der Waals surface area contributed by atoms with E-state index in [1.54, 1.807) is 18.3 Å². The normalized spacial score (nSPS) is 12.0. The Morgan fingerprint density at radius 1 is 1.19 bits per heavy atom. The molecule has 2 aromatic heterocycles. The molecule has 4 rings (SSSR count). The first-order valence-corrected chi connectivity index (χ1v) is 8.73. The van der Waals surface area contributed by atoms with Crippen LogP contribution in [0.3, 0.4) is 0 Å². The van der Waals surface area contributed by atoms with Crippen LogP contribution >= 0.6 is 11.6 Å². The third kappa shape index (κ3) is 2.91. The number of aromatic nitrogens is 3. The van der Waals surface area contributed by atoms with Crippen LogP contribution in [0.2, 0.25) is 5.02 Å². The van der Waals surface area contributed by atoms with Gasteiger partial charge in [-0.05, 0) is 35.2 Å². The molecule has 0 saturated heterocycles. The molecule has 4 aromatic rings. The van der Waals surface area contributed by atoms with Crippen molar-refractivity contribution in [2.24, 2.45) is 5.10 Å². The number of nitrogens with zero attached hydrogens (tertiary/aromatic N) is 3. The van der Waals surface area contributed by atoms with Crippen molar-refractivity contribution in [2.75, 3.05) is 0 Å². The summed E-state index contributed by atoms with van der Waals surface area (Å²) in [4.78, 5) is 20.2. The van der Waals surface area contributed by atoms with E-state index < -0.39 is 0 Å². The monoisotopic (exact) mass is 364 g/mol. The van der Waals surface area contributed by atoms with Crippen molar-refractivity contribution in [1.82, 2.24) is 14.6 Å². The quantitative estimate of drug-likeness (QED) is 0.542. The molecular formula is C20H17ClN4O. The van der Waals surface area contributed by atoms with E-state index in [9.17, 15) is 4.79 Å². The van der Waals surface area contributed by atoms with Crippen molar-refractivity contribution in [3.05, 3.63) is 75.3 Å². The third-order valence-corrected chi connectivity index (χ3v) is 4.62. The Hall–Kier alpha value is -2.92. The van der Waals surface area contributed by atoms with Gasteiger partial charge >= 0.3 is 0 Å². The summed E-state index contributed by atoms with van der Waals surface area (Å²) in [6.07, 6.45) is 3.08. The van der Waals surface area contributed by atoms with Crippen LogP contribution in [-0.4, -0.2) is 20.9 Å². The Kier molecular flexibility index (Phi) is 4.09. The minimum absolute atomic E-state index is 0.252. The van der Waals surface area contributed by atoms with Gasteiger partial charge in [-0.25, -0.2) is 4.98 Å². The predicted octanol–water partition coefficient (Wildman–Crippen LogP) is 4.54. The fraction of sp³-hybridized carbons (Fsp3) is 0.150. The van der Waals surface area contributed by atoms with E-state index in [-0.39, 0.29) is 5.56 Å². The molecule has 5 nitrogen and oxygen atoms in total. The fourth-order valence-corrected chi connectivity index (χ4v) is 3.07. The Bertz CT molecular complexity index is 1190. The molecule has 0 aliphatic carbocycles. The maximum absolute atomic E-state index is 12.7. The first-order chi connectivity index (χ1) is 12.5. The zero-order chi connectivity index (χ0) is 18.3. The summed E-state index contributed by atoms with van der Waals surface area (Å²) in [7, 11) is 0. The molecule has 0 saturated carbocycles. The van der Waals surface area contributed by atoms with Gasteiger partial charge in [-0.15, -0.1) is 0 Å². The summed E-state index contributed by atoms with van der Waals surface area (Å²) in [5, 5.41) is 5.69. The van der Waals surface area contributed by atoms with Gasteiger partial charge in [0.25, 0.3) is 5.56 Å². The number of benzene rings is 2. The van der Waals surface area contributed by atoms with Crippen LogP contribution < -0.4 is 5.56 Å². The second-order valence-electron chi connectivity index (χ2n) is 6.50. The van der Waals surface area contributed by atoms with Crippen molar-refractivity contribution in [3.63, 3.8) is 0 Å². The summed E-state index contributed by atoms with van der Waals surface area (Å²) >= 11 is 6.05. The number of nitrogens with one attached hydrogen (secondary N) is 1. The van der Waals surface area contributed by atoms with Crippen LogP contribution in [0.25, 0.3) is 21.9 Å². The number of aromatic amines is 1. The summed E-state index contributed by atoms with van der Waals surface area (Å²) < 4.78 is 1.23. The molecular weight excluding hydrogens is 348 g/mol. The molecule has 1 N–H and O–H groups in total. The smallest absolute Gasteiger partial charge is 0.298 e. The Morgan fingerprint density at radius 2 is 1.96 bits per heavy atom. The van der Waals surface area contributed by atoms with Gasteiger partial charge in [0.1, 0.15) is 17.4 Å². The van der Waals surface area contributed by atoms with Crippen molar-refractivity contribution < 1.29 is 0 Å². The molecule has 0 atom stereocenters. The summed E-state index contributed by atoms with van der Waals surface area (Å²) in [5.41, 5.74) is 3.76. The summed E-state index contributed by atoms with van der Waals surface area (Å²) in [5.74, 6) is 0.478. The van der Waals surface area contributed by atoms with E-state index in [0.717, 1.165) is 16.5 Å². The topological polar surface area (TPSA) is 63.0 Å². The Labute approximate surface area is 155 Å². The molecule has 0 spiro atoms. The van der Waals surface area contributed by atoms with Crippen LogP contribution in [0.5, 0.6) is 0 Å². The van der Waals surface area contributed by atoms with Gasteiger partial charge in [0.15, 0.2) is 0 Å². The molecule has 130 valence electrons. The molecule has 0 aliphatic rings. The highest BCUT2D eigenvalue weighted by atomic mass is 35.5. The van der Waals surface area contributed by atoms with E-state index in [4.69, 9.17) is 11.6 Å². The van der Waals surface area contributed by atoms with Gasteiger partial charge in [0, 0.05) is 15.9 Å². The van der Waals surface area contributed by atoms with Crippen LogP contribution in [0.4, 0.5) is 0 Å². The molecule has 0 amide bonds. The Morgan fingerprint density at radius 3 is 2.69 bits per heavy atom. The van der Waals surface area contributed by atoms with Gasteiger partial charge in [-0.3, -0.25) is 4.79 Å². The maximum Gasteiger partial charge on any atom is 0.298 e. The second kappa shape index (κ2) is 6.42. The molecule has 26 heavy (non-hydrogen) atoms. The minimum Gasteiger partial charge on any atom is -0.349 e. The molecule has 2 aromatic carbocycles. The maximum atomic E-state index is 12.7. The zero-order valence-corrected chi connectivity index (χ0v) is 15.2.